The quantitative estimate of drug-likeness (QED) is 0.663. The van der Waals surface area contributed by atoms with Crippen molar-refractivity contribution in [2.75, 3.05) is 13.1 Å². The summed E-state index contributed by atoms with van der Waals surface area (Å²) < 4.78 is 2.24. The predicted octanol–water partition coefficient (Wildman–Crippen LogP) is 4.48. The van der Waals surface area contributed by atoms with Gasteiger partial charge in [-0.15, -0.1) is 0 Å². The highest BCUT2D eigenvalue weighted by atomic mass is 16.2. The Bertz CT molecular complexity index is 957. The maximum atomic E-state index is 12.3. The van der Waals surface area contributed by atoms with Gasteiger partial charge in [-0.25, -0.2) is 4.98 Å². The summed E-state index contributed by atoms with van der Waals surface area (Å²) in [6.07, 6.45) is 7.20. The van der Waals surface area contributed by atoms with Gasteiger partial charge in [0, 0.05) is 43.5 Å². The second-order valence-corrected chi connectivity index (χ2v) is 8.06. The third-order valence-corrected chi connectivity index (χ3v) is 5.94. The molecule has 28 heavy (non-hydrogen) atoms. The summed E-state index contributed by atoms with van der Waals surface area (Å²) in [5.41, 5.74) is 3.57. The van der Waals surface area contributed by atoms with Crippen LogP contribution >= 0.6 is 0 Å². The molecule has 1 aliphatic heterocycles. The van der Waals surface area contributed by atoms with Crippen LogP contribution in [0.25, 0.3) is 22.5 Å². The van der Waals surface area contributed by atoms with Crippen LogP contribution in [-0.4, -0.2) is 33.4 Å². The number of rotatable bonds is 5. The molecule has 0 spiro atoms. The Labute approximate surface area is 165 Å². The van der Waals surface area contributed by atoms with E-state index in [0.717, 1.165) is 50.3 Å². The third kappa shape index (κ3) is 3.47. The number of hydrogen-bond donors (Lipinski definition) is 0. The van der Waals surface area contributed by atoms with Gasteiger partial charge in [0.15, 0.2) is 0 Å². The van der Waals surface area contributed by atoms with E-state index < -0.39 is 0 Å². The van der Waals surface area contributed by atoms with Crippen LogP contribution in [0.2, 0.25) is 0 Å². The molecule has 4 heteroatoms. The fraction of sp³-hybridized carbons (Fsp3) is 0.333. The van der Waals surface area contributed by atoms with E-state index in [0.29, 0.717) is 17.7 Å². The molecule has 2 heterocycles. The van der Waals surface area contributed by atoms with Gasteiger partial charge in [0.1, 0.15) is 5.82 Å². The zero-order valence-corrected chi connectivity index (χ0v) is 16.0. The molecule has 0 radical (unpaired) electrons. The molecule has 0 unspecified atom stereocenters. The van der Waals surface area contributed by atoms with Crippen molar-refractivity contribution < 1.29 is 4.79 Å². The van der Waals surface area contributed by atoms with Gasteiger partial charge in [0.05, 0.1) is 0 Å². The van der Waals surface area contributed by atoms with Crippen molar-refractivity contribution in [2.45, 2.75) is 25.8 Å². The van der Waals surface area contributed by atoms with Gasteiger partial charge in [-0.1, -0.05) is 54.6 Å². The average molecular weight is 371 g/mol. The maximum Gasteiger partial charge on any atom is 0.225 e. The summed E-state index contributed by atoms with van der Waals surface area (Å²) in [5.74, 6) is 2.22. The van der Waals surface area contributed by atoms with E-state index in [9.17, 15) is 4.79 Å². The van der Waals surface area contributed by atoms with E-state index in [1.807, 2.05) is 12.3 Å². The minimum absolute atomic E-state index is 0.325. The first kappa shape index (κ1) is 17.2. The van der Waals surface area contributed by atoms with Crippen molar-refractivity contribution in [1.82, 2.24) is 14.5 Å². The number of aromatic nitrogens is 2. The van der Waals surface area contributed by atoms with E-state index >= 15 is 0 Å². The molecule has 2 aliphatic rings. The van der Waals surface area contributed by atoms with Crippen LogP contribution in [0, 0.1) is 11.8 Å². The van der Waals surface area contributed by atoms with Crippen LogP contribution < -0.4 is 0 Å². The molecule has 1 aliphatic carbocycles. The zero-order chi connectivity index (χ0) is 18.9. The summed E-state index contributed by atoms with van der Waals surface area (Å²) >= 11 is 0. The van der Waals surface area contributed by atoms with Crippen molar-refractivity contribution in [3.63, 3.8) is 0 Å². The minimum atomic E-state index is 0.325. The summed E-state index contributed by atoms with van der Waals surface area (Å²) in [5, 5.41) is 0. The van der Waals surface area contributed by atoms with Gasteiger partial charge < -0.3 is 9.47 Å². The Kier molecular flexibility index (Phi) is 4.47. The molecule has 0 N–H and O–H groups in total. The van der Waals surface area contributed by atoms with Crippen molar-refractivity contribution in [3.05, 3.63) is 67.0 Å². The molecule has 1 aromatic heterocycles. The first-order valence-corrected chi connectivity index (χ1v) is 10.2. The number of hydrogen-bond acceptors (Lipinski definition) is 2. The summed E-state index contributed by atoms with van der Waals surface area (Å²) in [6.45, 7) is 2.72. The molecule has 3 aromatic rings. The Balaban J connectivity index is 1.29. The second kappa shape index (κ2) is 7.27. The number of likely N-dealkylation sites (tertiary alicyclic amines) is 1. The Hall–Kier alpha value is -2.88. The number of carbonyl (C=O) groups excluding carboxylic acids is 1. The largest absolute Gasteiger partial charge is 0.342 e. The number of carbonyl (C=O) groups is 1. The van der Waals surface area contributed by atoms with Crippen molar-refractivity contribution in [1.29, 1.82) is 0 Å². The lowest BCUT2D eigenvalue weighted by atomic mass is 10.0. The molecule has 1 saturated carbocycles. The maximum absolute atomic E-state index is 12.3. The number of nitrogens with zero attached hydrogens (tertiary/aromatic N) is 3. The van der Waals surface area contributed by atoms with E-state index in [1.54, 1.807) is 0 Å². The average Bonchev–Trinajstić information content (AvgIpc) is 3.32. The smallest absolute Gasteiger partial charge is 0.225 e. The molecule has 1 atom stereocenters. The first-order chi connectivity index (χ1) is 13.8. The Morgan fingerprint density at radius 2 is 1.64 bits per heavy atom. The van der Waals surface area contributed by atoms with Crippen molar-refractivity contribution in [3.8, 4) is 22.5 Å². The van der Waals surface area contributed by atoms with E-state index in [4.69, 9.17) is 0 Å². The molecular weight excluding hydrogens is 346 g/mol. The summed E-state index contributed by atoms with van der Waals surface area (Å²) in [7, 11) is 0. The van der Waals surface area contributed by atoms with Gasteiger partial charge in [-0.3, -0.25) is 4.79 Å². The second-order valence-electron chi connectivity index (χ2n) is 8.06. The molecular formula is C24H25N3O. The molecule has 0 bridgehead atoms. The number of imidazole rings is 1. The van der Waals surface area contributed by atoms with Crippen LogP contribution in [0.15, 0.2) is 67.0 Å². The van der Waals surface area contributed by atoms with Crippen LogP contribution in [-0.2, 0) is 11.3 Å². The van der Waals surface area contributed by atoms with Gasteiger partial charge in [-0.05, 0) is 36.3 Å². The zero-order valence-electron chi connectivity index (χ0n) is 16.0. The van der Waals surface area contributed by atoms with E-state index in [-0.39, 0.29) is 0 Å². The fourth-order valence-corrected chi connectivity index (χ4v) is 4.21. The lowest BCUT2D eigenvalue weighted by molar-refractivity contribution is -0.131. The Morgan fingerprint density at radius 1 is 0.929 bits per heavy atom. The molecule has 1 saturated heterocycles. The van der Waals surface area contributed by atoms with E-state index in [2.05, 4.69) is 69.2 Å². The fourth-order valence-electron chi connectivity index (χ4n) is 4.21. The van der Waals surface area contributed by atoms with Crippen LogP contribution in [0.1, 0.15) is 19.3 Å². The monoisotopic (exact) mass is 371 g/mol. The molecule has 5 rings (SSSR count). The minimum Gasteiger partial charge on any atom is -0.342 e. The standard InChI is InChI=1S/C24H25N3O/c28-24(22-10-11-22)27-14-12-18(17-27)16-26-15-13-25-23(26)21-8-6-20(7-9-21)19-4-2-1-3-5-19/h1-9,13,15,18,22H,10-12,14,16-17H2/t18-/m0/s1. The van der Waals surface area contributed by atoms with Gasteiger partial charge in [0.25, 0.3) is 0 Å². The number of amides is 1. The molecule has 2 aromatic carbocycles. The van der Waals surface area contributed by atoms with Crippen LogP contribution in [0.3, 0.4) is 0 Å². The van der Waals surface area contributed by atoms with Crippen molar-refractivity contribution >= 4 is 5.91 Å². The van der Waals surface area contributed by atoms with Crippen LogP contribution in [0.5, 0.6) is 0 Å². The molecule has 1 amide bonds. The summed E-state index contributed by atoms with van der Waals surface area (Å²) in [4.78, 5) is 19.0. The highest BCUT2D eigenvalue weighted by molar-refractivity contribution is 5.81. The topological polar surface area (TPSA) is 38.1 Å². The van der Waals surface area contributed by atoms with E-state index in [1.165, 1.54) is 11.1 Å². The predicted molar refractivity (Wildman–Crippen MR) is 111 cm³/mol. The summed E-state index contributed by atoms with van der Waals surface area (Å²) in [6, 6.07) is 19.1. The molecule has 2 fully saturated rings. The molecule has 4 nitrogen and oxygen atoms in total. The number of benzene rings is 2. The van der Waals surface area contributed by atoms with Gasteiger partial charge in [0.2, 0.25) is 5.91 Å². The van der Waals surface area contributed by atoms with Crippen molar-refractivity contribution in [2.24, 2.45) is 11.8 Å². The normalized spacial score (nSPS) is 19.1. The van der Waals surface area contributed by atoms with Crippen LogP contribution in [0.4, 0.5) is 0 Å². The molecule has 142 valence electrons. The first-order valence-electron chi connectivity index (χ1n) is 10.2. The Morgan fingerprint density at radius 3 is 2.39 bits per heavy atom. The SMILES string of the molecule is O=C(C1CC1)N1CC[C@@H](Cn2ccnc2-c2ccc(-c3ccccc3)cc2)C1. The van der Waals surface area contributed by atoms with Gasteiger partial charge >= 0.3 is 0 Å². The lowest BCUT2D eigenvalue weighted by Gasteiger charge is -2.17. The highest BCUT2D eigenvalue weighted by Gasteiger charge is 2.36. The van der Waals surface area contributed by atoms with Gasteiger partial charge in [-0.2, -0.15) is 0 Å². The highest BCUT2D eigenvalue weighted by Crippen LogP contribution is 2.33. The third-order valence-electron chi connectivity index (χ3n) is 5.94. The lowest BCUT2D eigenvalue weighted by Crippen LogP contribution is -2.30.